The molecule has 0 aliphatic carbocycles. The first kappa shape index (κ1) is 23.0. The first-order valence-electron chi connectivity index (χ1n) is 9.88. The van der Waals surface area contributed by atoms with Crippen LogP contribution >= 0.6 is 0 Å². The van der Waals surface area contributed by atoms with Crippen molar-refractivity contribution in [3.8, 4) is 5.75 Å². The number of hydrogen-bond donors (Lipinski definition) is 1. The lowest BCUT2D eigenvalue weighted by atomic mass is 10.1. The van der Waals surface area contributed by atoms with Crippen LogP contribution in [-0.2, 0) is 16.6 Å². The highest BCUT2D eigenvalue weighted by molar-refractivity contribution is 7.92. The molecule has 166 valence electrons. The predicted molar refractivity (Wildman–Crippen MR) is 127 cm³/mol. The van der Waals surface area contributed by atoms with Crippen molar-refractivity contribution < 1.29 is 17.9 Å². The smallest absolute Gasteiger partial charge is 0.271 e. The number of sulfonamides is 1. The van der Waals surface area contributed by atoms with Crippen molar-refractivity contribution in [1.82, 2.24) is 5.43 Å². The van der Waals surface area contributed by atoms with Gasteiger partial charge in [0, 0.05) is 11.1 Å². The van der Waals surface area contributed by atoms with Crippen LogP contribution in [0, 0.1) is 6.92 Å². The molecule has 0 bridgehead atoms. The molecule has 0 radical (unpaired) electrons. The highest BCUT2D eigenvalue weighted by Crippen LogP contribution is 2.22. The minimum Gasteiger partial charge on any atom is -0.496 e. The number of para-hydroxylation sites is 1. The summed E-state index contributed by atoms with van der Waals surface area (Å²) in [7, 11) is -1.96. The number of hydrazone groups is 1. The summed E-state index contributed by atoms with van der Waals surface area (Å²) in [5.74, 6) is 0.233. The van der Waals surface area contributed by atoms with Crippen molar-refractivity contribution in [2.75, 3.05) is 17.7 Å². The molecule has 0 fully saturated rings. The second-order valence-corrected chi connectivity index (χ2v) is 9.09. The lowest BCUT2D eigenvalue weighted by Gasteiger charge is -2.23. The fourth-order valence-electron chi connectivity index (χ4n) is 3.12. The number of hydrogen-bond acceptors (Lipinski definition) is 5. The van der Waals surface area contributed by atoms with Crippen LogP contribution < -0.4 is 14.5 Å². The average Bonchev–Trinajstić information content (AvgIpc) is 2.78. The Bertz CT molecular complexity index is 1220. The summed E-state index contributed by atoms with van der Waals surface area (Å²) in [5.41, 5.74) is 5.94. The molecule has 0 aromatic heterocycles. The van der Waals surface area contributed by atoms with Crippen molar-refractivity contribution >= 4 is 27.8 Å². The number of carbonyl (C=O) groups excluding carboxylic acids is 1. The third kappa shape index (κ3) is 5.73. The molecule has 32 heavy (non-hydrogen) atoms. The number of rotatable bonds is 8. The molecular formula is C24H25N3O4S. The molecule has 0 saturated carbocycles. The molecule has 7 nitrogen and oxygen atoms in total. The zero-order valence-electron chi connectivity index (χ0n) is 18.1. The van der Waals surface area contributed by atoms with Gasteiger partial charge in [-0.05, 0) is 54.4 Å². The van der Waals surface area contributed by atoms with Gasteiger partial charge in [-0.25, -0.2) is 13.8 Å². The molecule has 0 saturated heterocycles. The van der Waals surface area contributed by atoms with Crippen molar-refractivity contribution in [3.05, 3.63) is 95.1 Å². The first-order valence-corrected chi connectivity index (χ1v) is 11.7. The van der Waals surface area contributed by atoms with Crippen LogP contribution in [0.1, 0.15) is 27.0 Å². The number of nitrogens with one attached hydrogen (secondary N) is 1. The van der Waals surface area contributed by atoms with Gasteiger partial charge in [0.1, 0.15) is 5.75 Å². The zero-order valence-corrected chi connectivity index (χ0v) is 19.0. The van der Waals surface area contributed by atoms with Gasteiger partial charge in [-0.2, -0.15) is 5.10 Å². The van der Waals surface area contributed by atoms with Gasteiger partial charge in [-0.1, -0.05) is 36.4 Å². The normalized spacial score (nSPS) is 11.3. The lowest BCUT2D eigenvalue weighted by molar-refractivity contribution is 0.0955. The monoisotopic (exact) mass is 451 g/mol. The van der Waals surface area contributed by atoms with Crippen molar-refractivity contribution in [2.45, 2.75) is 13.5 Å². The van der Waals surface area contributed by atoms with E-state index in [0.29, 0.717) is 17.0 Å². The zero-order chi connectivity index (χ0) is 23.1. The first-order chi connectivity index (χ1) is 15.3. The van der Waals surface area contributed by atoms with E-state index in [4.69, 9.17) is 4.74 Å². The van der Waals surface area contributed by atoms with Crippen LogP contribution in [0.5, 0.6) is 5.75 Å². The SMILES string of the molecule is COc1ccccc1/C=N\NC(=O)c1ccc(N(Cc2ccccc2C)S(C)(=O)=O)cc1. The minimum atomic E-state index is -3.52. The molecule has 3 aromatic rings. The molecule has 0 unspecified atom stereocenters. The number of amides is 1. The van der Waals surface area contributed by atoms with Crippen molar-refractivity contribution in [3.63, 3.8) is 0 Å². The number of carbonyl (C=O) groups is 1. The van der Waals surface area contributed by atoms with Crippen LogP contribution in [-0.4, -0.2) is 33.9 Å². The van der Waals surface area contributed by atoms with Crippen LogP contribution in [0.4, 0.5) is 5.69 Å². The van der Waals surface area contributed by atoms with Gasteiger partial charge in [0.05, 0.1) is 31.8 Å². The molecule has 0 heterocycles. The molecule has 1 N–H and O–H groups in total. The van der Waals surface area contributed by atoms with Gasteiger partial charge in [-0.3, -0.25) is 9.10 Å². The van der Waals surface area contributed by atoms with E-state index < -0.39 is 15.9 Å². The molecule has 0 aliphatic rings. The molecule has 8 heteroatoms. The number of nitrogens with zero attached hydrogens (tertiary/aromatic N) is 2. The maximum absolute atomic E-state index is 12.4. The highest BCUT2D eigenvalue weighted by atomic mass is 32.2. The Morgan fingerprint density at radius 3 is 2.34 bits per heavy atom. The van der Waals surface area contributed by atoms with Gasteiger partial charge < -0.3 is 4.74 Å². The second kappa shape index (κ2) is 10.1. The topological polar surface area (TPSA) is 88.1 Å². The van der Waals surface area contributed by atoms with Crippen LogP contribution in [0.2, 0.25) is 0 Å². The average molecular weight is 452 g/mol. The van der Waals surface area contributed by atoms with E-state index in [1.807, 2.05) is 49.4 Å². The molecule has 0 atom stereocenters. The molecule has 1 amide bonds. The van der Waals surface area contributed by atoms with Gasteiger partial charge in [-0.15, -0.1) is 0 Å². The summed E-state index contributed by atoms with van der Waals surface area (Å²) in [4.78, 5) is 12.4. The summed E-state index contributed by atoms with van der Waals surface area (Å²) in [6, 6.07) is 21.3. The number of ether oxygens (including phenoxy) is 1. The molecule has 0 spiro atoms. The van der Waals surface area contributed by atoms with Crippen LogP contribution in [0.15, 0.2) is 77.9 Å². The van der Waals surface area contributed by atoms with Crippen LogP contribution in [0.25, 0.3) is 0 Å². The Morgan fingerprint density at radius 1 is 1.03 bits per heavy atom. The summed E-state index contributed by atoms with van der Waals surface area (Å²) in [6.07, 6.45) is 2.66. The summed E-state index contributed by atoms with van der Waals surface area (Å²) in [6.45, 7) is 2.15. The Labute approximate surface area is 188 Å². The number of benzene rings is 3. The molecular weight excluding hydrogens is 426 g/mol. The number of aryl methyl sites for hydroxylation is 1. The van der Waals surface area contributed by atoms with Gasteiger partial charge >= 0.3 is 0 Å². The largest absolute Gasteiger partial charge is 0.496 e. The number of methoxy groups -OCH3 is 1. The Balaban J connectivity index is 1.74. The van der Waals surface area contributed by atoms with E-state index >= 15 is 0 Å². The van der Waals surface area contributed by atoms with Gasteiger partial charge in [0.15, 0.2) is 0 Å². The minimum absolute atomic E-state index is 0.209. The third-order valence-corrected chi connectivity index (χ3v) is 6.04. The van der Waals surface area contributed by atoms with E-state index in [1.54, 1.807) is 37.4 Å². The van der Waals surface area contributed by atoms with E-state index in [0.717, 1.165) is 16.7 Å². The fourth-order valence-corrected chi connectivity index (χ4v) is 4.00. The Kier molecular flexibility index (Phi) is 7.27. The van der Waals surface area contributed by atoms with E-state index in [9.17, 15) is 13.2 Å². The molecule has 0 aliphatic heterocycles. The quantitative estimate of drug-likeness (QED) is 0.418. The van der Waals surface area contributed by atoms with Gasteiger partial charge in [0.25, 0.3) is 5.91 Å². The maximum atomic E-state index is 12.4. The Hall–Kier alpha value is -3.65. The fraction of sp³-hybridized carbons (Fsp3) is 0.167. The highest BCUT2D eigenvalue weighted by Gasteiger charge is 2.19. The van der Waals surface area contributed by atoms with Gasteiger partial charge in [0.2, 0.25) is 10.0 Å². The lowest BCUT2D eigenvalue weighted by Crippen LogP contribution is -2.29. The van der Waals surface area contributed by atoms with E-state index in [2.05, 4.69) is 10.5 Å². The Morgan fingerprint density at radius 2 is 1.69 bits per heavy atom. The molecule has 3 rings (SSSR count). The molecule has 3 aromatic carbocycles. The van der Waals surface area contributed by atoms with E-state index in [-0.39, 0.29) is 6.54 Å². The standard InChI is InChI=1S/C24H25N3O4S/c1-18-8-4-5-10-21(18)17-27(32(3,29)30)22-14-12-19(13-15-22)24(28)26-25-16-20-9-6-7-11-23(20)31-2/h4-16H,17H2,1-3H3,(H,26,28)/b25-16-. The van der Waals surface area contributed by atoms with Crippen molar-refractivity contribution in [1.29, 1.82) is 0 Å². The summed E-state index contributed by atoms with van der Waals surface area (Å²) >= 11 is 0. The maximum Gasteiger partial charge on any atom is 0.271 e. The van der Waals surface area contributed by atoms with E-state index in [1.165, 1.54) is 16.8 Å². The predicted octanol–water partition coefficient (Wildman–Crippen LogP) is 3.73. The van der Waals surface area contributed by atoms with Crippen LogP contribution in [0.3, 0.4) is 0 Å². The van der Waals surface area contributed by atoms with Crippen molar-refractivity contribution in [2.24, 2.45) is 5.10 Å². The number of anilines is 1. The second-order valence-electron chi connectivity index (χ2n) is 7.18. The summed E-state index contributed by atoms with van der Waals surface area (Å²) in [5, 5.41) is 3.98. The summed E-state index contributed by atoms with van der Waals surface area (Å²) < 4.78 is 31.4. The third-order valence-electron chi connectivity index (χ3n) is 4.90.